The van der Waals surface area contributed by atoms with Crippen LogP contribution < -0.4 is 5.73 Å². The predicted octanol–water partition coefficient (Wildman–Crippen LogP) is 2.91. The van der Waals surface area contributed by atoms with E-state index in [1.807, 2.05) is 36.4 Å². The maximum absolute atomic E-state index is 5.96. The van der Waals surface area contributed by atoms with E-state index in [0.29, 0.717) is 0 Å². The third-order valence-corrected chi connectivity index (χ3v) is 2.04. The quantitative estimate of drug-likeness (QED) is 0.696. The Kier molecular flexibility index (Phi) is 3.47. The molecule has 0 heterocycles. The van der Waals surface area contributed by atoms with E-state index in [0.717, 1.165) is 17.5 Å². The molecule has 0 aliphatic heterocycles. The van der Waals surface area contributed by atoms with Crippen molar-refractivity contribution in [2.45, 2.75) is 12.5 Å². The summed E-state index contributed by atoms with van der Waals surface area (Å²) >= 11 is 0. The zero-order valence-electron chi connectivity index (χ0n) is 7.74. The van der Waals surface area contributed by atoms with Crippen LogP contribution in [0.5, 0.6) is 0 Å². The van der Waals surface area contributed by atoms with E-state index in [2.05, 4.69) is 13.2 Å². The van der Waals surface area contributed by atoms with Gasteiger partial charge in [0.15, 0.2) is 0 Å². The fourth-order valence-electron chi connectivity index (χ4n) is 1.34. The first-order valence-corrected chi connectivity index (χ1v) is 4.37. The molecule has 1 atom stereocenters. The summed E-state index contributed by atoms with van der Waals surface area (Å²) in [5.41, 5.74) is 8.21. The molecule has 0 fully saturated rings. The SMILES string of the molecule is C=CC[C@@H](N)c1ccccc1C=C. The van der Waals surface area contributed by atoms with Gasteiger partial charge >= 0.3 is 0 Å². The highest BCUT2D eigenvalue weighted by molar-refractivity contribution is 5.52. The molecule has 0 radical (unpaired) electrons. The van der Waals surface area contributed by atoms with Crippen molar-refractivity contribution in [2.75, 3.05) is 0 Å². The lowest BCUT2D eigenvalue weighted by Crippen LogP contribution is -2.10. The largest absolute Gasteiger partial charge is 0.324 e. The predicted molar refractivity (Wildman–Crippen MR) is 58.3 cm³/mol. The second kappa shape index (κ2) is 4.63. The van der Waals surface area contributed by atoms with Crippen LogP contribution in [-0.2, 0) is 0 Å². The van der Waals surface area contributed by atoms with Gasteiger partial charge in [-0.2, -0.15) is 0 Å². The van der Waals surface area contributed by atoms with Crippen LogP contribution in [0.2, 0.25) is 0 Å². The molecular formula is C12H15N. The standard InChI is InChI=1S/C12H15N/c1-3-7-12(13)11-9-6-5-8-10(11)4-2/h3-6,8-9,12H,1-2,7,13H2/t12-/m1/s1. The molecular weight excluding hydrogens is 158 g/mol. The van der Waals surface area contributed by atoms with Crippen LogP contribution in [0.3, 0.4) is 0 Å². The van der Waals surface area contributed by atoms with Gasteiger partial charge in [-0.25, -0.2) is 0 Å². The monoisotopic (exact) mass is 173 g/mol. The Labute approximate surface area is 79.6 Å². The Hall–Kier alpha value is -1.34. The van der Waals surface area contributed by atoms with Gasteiger partial charge in [-0.1, -0.05) is 43.0 Å². The first kappa shape index (κ1) is 9.75. The van der Waals surface area contributed by atoms with Crippen molar-refractivity contribution < 1.29 is 0 Å². The molecule has 2 N–H and O–H groups in total. The summed E-state index contributed by atoms with van der Waals surface area (Å²) in [4.78, 5) is 0. The van der Waals surface area contributed by atoms with Crippen molar-refractivity contribution in [3.05, 3.63) is 54.6 Å². The molecule has 0 aliphatic rings. The van der Waals surface area contributed by atoms with Crippen molar-refractivity contribution in [2.24, 2.45) is 5.73 Å². The lowest BCUT2D eigenvalue weighted by molar-refractivity contribution is 0.740. The van der Waals surface area contributed by atoms with E-state index in [1.165, 1.54) is 0 Å². The van der Waals surface area contributed by atoms with Gasteiger partial charge in [0.25, 0.3) is 0 Å². The van der Waals surface area contributed by atoms with Crippen molar-refractivity contribution in [1.82, 2.24) is 0 Å². The minimum absolute atomic E-state index is 0.0340. The molecule has 1 heteroatoms. The van der Waals surface area contributed by atoms with Gasteiger partial charge in [-0.3, -0.25) is 0 Å². The minimum Gasteiger partial charge on any atom is -0.324 e. The molecule has 0 saturated heterocycles. The molecule has 13 heavy (non-hydrogen) atoms. The van der Waals surface area contributed by atoms with Gasteiger partial charge < -0.3 is 5.73 Å². The average Bonchev–Trinajstić information content (AvgIpc) is 2.18. The van der Waals surface area contributed by atoms with Crippen LogP contribution in [0.15, 0.2) is 43.5 Å². The smallest absolute Gasteiger partial charge is 0.0335 e. The number of hydrogen-bond acceptors (Lipinski definition) is 1. The third kappa shape index (κ3) is 2.30. The first-order chi connectivity index (χ1) is 6.29. The molecule has 0 aliphatic carbocycles. The Morgan fingerprint density at radius 1 is 1.31 bits per heavy atom. The second-order valence-corrected chi connectivity index (χ2v) is 2.96. The molecule has 1 aromatic carbocycles. The van der Waals surface area contributed by atoms with Crippen molar-refractivity contribution in [3.8, 4) is 0 Å². The van der Waals surface area contributed by atoms with Crippen molar-refractivity contribution >= 4 is 6.08 Å². The lowest BCUT2D eigenvalue weighted by Gasteiger charge is -2.12. The van der Waals surface area contributed by atoms with E-state index in [-0.39, 0.29) is 6.04 Å². The Bertz CT molecular complexity index is 302. The third-order valence-electron chi connectivity index (χ3n) is 2.04. The first-order valence-electron chi connectivity index (χ1n) is 4.37. The van der Waals surface area contributed by atoms with Crippen LogP contribution in [0, 0.1) is 0 Å². The summed E-state index contributed by atoms with van der Waals surface area (Å²) in [5.74, 6) is 0. The number of nitrogens with two attached hydrogens (primary N) is 1. The Balaban J connectivity index is 2.97. The van der Waals surface area contributed by atoms with E-state index < -0.39 is 0 Å². The normalized spacial score (nSPS) is 12.1. The summed E-state index contributed by atoms with van der Waals surface area (Å²) in [5, 5.41) is 0. The highest BCUT2D eigenvalue weighted by Gasteiger charge is 2.06. The molecule has 1 nitrogen and oxygen atoms in total. The van der Waals surface area contributed by atoms with E-state index in [1.54, 1.807) is 0 Å². The summed E-state index contributed by atoms with van der Waals surface area (Å²) in [6.07, 6.45) is 4.47. The fraction of sp³-hybridized carbons (Fsp3) is 0.167. The average molecular weight is 173 g/mol. The summed E-state index contributed by atoms with van der Waals surface area (Å²) in [7, 11) is 0. The van der Waals surface area contributed by atoms with E-state index in [9.17, 15) is 0 Å². The van der Waals surface area contributed by atoms with Crippen LogP contribution in [-0.4, -0.2) is 0 Å². The molecule has 0 saturated carbocycles. The van der Waals surface area contributed by atoms with Crippen molar-refractivity contribution in [1.29, 1.82) is 0 Å². The molecule has 0 bridgehead atoms. The molecule has 0 spiro atoms. The highest BCUT2D eigenvalue weighted by Crippen LogP contribution is 2.19. The van der Waals surface area contributed by atoms with Gasteiger partial charge in [-0.05, 0) is 17.5 Å². The van der Waals surface area contributed by atoms with Gasteiger partial charge in [-0.15, -0.1) is 6.58 Å². The zero-order chi connectivity index (χ0) is 9.68. The zero-order valence-corrected chi connectivity index (χ0v) is 7.74. The minimum atomic E-state index is 0.0340. The molecule has 0 aromatic heterocycles. The number of benzene rings is 1. The van der Waals surface area contributed by atoms with Crippen molar-refractivity contribution in [3.63, 3.8) is 0 Å². The van der Waals surface area contributed by atoms with E-state index >= 15 is 0 Å². The fourth-order valence-corrected chi connectivity index (χ4v) is 1.34. The van der Waals surface area contributed by atoms with Crippen LogP contribution in [0.1, 0.15) is 23.6 Å². The van der Waals surface area contributed by atoms with E-state index in [4.69, 9.17) is 5.73 Å². The maximum Gasteiger partial charge on any atom is 0.0335 e. The maximum atomic E-state index is 5.96. The topological polar surface area (TPSA) is 26.0 Å². The van der Waals surface area contributed by atoms with Crippen LogP contribution in [0.4, 0.5) is 0 Å². The Morgan fingerprint density at radius 3 is 2.62 bits per heavy atom. The lowest BCUT2D eigenvalue weighted by atomic mass is 9.99. The molecule has 1 aromatic rings. The second-order valence-electron chi connectivity index (χ2n) is 2.96. The van der Waals surface area contributed by atoms with Gasteiger partial charge in [0.1, 0.15) is 0 Å². The van der Waals surface area contributed by atoms with Gasteiger partial charge in [0, 0.05) is 6.04 Å². The highest BCUT2D eigenvalue weighted by atomic mass is 14.6. The van der Waals surface area contributed by atoms with Gasteiger partial charge in [0.2, 0.25) is 0 Å². The summed E-state index contributed by atoms with van der Waals surface area (Å²) in [6.45, 7) is 7.43. The van der Waals surface area contributed by atoms with Crippen LogP contribution >= 0.6 is 0 Å². The molecule has 1 rings (SSSR count). The molecule has 0 amide bonds. The van der Waals surface area contributed by atoms with Gasteiger partial charge in [0.05, 0.1) is 0 Å². The summed E-state index contributed by atoms with van der Waals surface area (Å²) < 4.78 is 0. The summed E-state index contributed by atoms with van der Waals surface area (Å²) in [6, 6.07) is 8.06. The van der Waals surface area contributed by atoms with Crippen LogP contribution in [0.25, 0.3) is 6.08 Å². The molecule has 68 valence electrons. The number of rotatable bonds is 4. The molecule has 0 unspecified atom stereocenters. The Morgan fingerprint density at radius 2 is 2.00 bits per heavy atom. The number of hydrogen-bond donors (Lipinski definition) is 1.